The molecule has 0 fully saturated rings. The number of amides is 2. The molecule has 4 N–H and O–H groups in total. The van der Waals surface area contributed by atoms with Crippen molar-refractivity contribution in [1.29, 1.82) is 0 Å². The summed E-state index contributed by atoms with van der Waals surface area (Å²) in [6.07, 6.45) is -0.0378. The van der Waals surface area contributed by atoms with Gasteiger partial charge in [-0.3, -0.25) is 9.59 Å². The molecule has 1 unspecified atom stereocenters. The van der Waals surface area contributed by atoms with Crippen LogP contribution < -0.4 is 16.4 Å². The van der Waals surface area contributed by atoms with Gasteiger partial charge in [0.15, 0.2) is 0 Å². The Kier molecular flexibility index (Phi) is 6.69. The van der Waals surface area contributed by atoms with E-state index in [0.717, 1.165) is 0 Å². The van der Waals surface area contributed by atoms with E-state index in [0.29, 0.717) is 6.54 Å². The molecule has 0 saturated heterocycles. The van der Waals surface area contributed by atoms with Gasteiger partial charge in [-0.2, -0.15) is 0 Å². The first kappa shape index (κ1) is 12.9. The predicted molar refractivity (Wildman–Crippen MR) is 51.5 cm³/mol. The number of carbonyl (C=O) groups excluding carboxylic acids is 2. The third-order valence-corrected chi connectivity index (χ3v) is 1.62. The first-order chi connectivity index (χ1) is 6.60. The van der Waals surface area contributed by atoms with Gasteiger partial charge in [-0.25, -0.2) is 0 Å². The monoisotopic (exact) mass is 203 g/mol. The molecule has 0 radical (unpaired) electrons. The van der Waals surface area contributed by atoms with Gasteiger partial charge in [0.2, 0.25) is 11.8 Å². The fourth-order valence-corrected chi connectivity index (χ4v) is 0.654. The third-order valence-electron chi connectivity index (χ3n) is 1.62. The van der Waals surface area contributed by atoms with Crippen molar-refractivity contribution in [2.75, 3.05) is 26.7 Å². The van der Waals surface area contributed by atoms with E-state index < -0.39 is 0 Å². The highest BCUT2D eigenvalue weighted by Crippen LogP contribution is 1.82. The standard InChI is InChI=1S/C8H17N3O3/c1-6(14-2)4-10-8(13)5-11-7(12)3-9/h6H,3-5,9H2,1-2H3,(H,10,13)(H,11,12). The molecule has 6 nitrogen and oxygen atoms in total. The lowest BCUT2D eigenvalue weighted by Crippen LogP contribution is -2.41. The Hall–Kier alpha value is -1.14. The molecule has 0 rings (SSSR count). The number of nitrogens with two attached hydrogens (primary N) is 1. The molecule has 0 aromatic rings. The molecule has 14 heavy (non-hydrogen) atoms. The second-order valence-electron chi connectivity index (χ2n) is 2.83. The highest BCUT2D eigenvalue weighted by atomic mass is 16.5. The summed E-state index contributed by atoms with van der Waals surface area (Å²) in [4.78, 5) is 21.7. The molecular weight excluding hydrogens is 186 g/mol. The summed E-state index contributed by atoms with van der Waals surface area (Å²) >= 11 is 0. The van der Waals surface area contributed by atoms with Gasteiger partial charge in [-0.05, 0) is 6.92 Å². The fourth-order valence-electron chi connectivity index (χ4n) is 0.654. The largest absolute Gasteiger partial charge is 0.380 e. The Morgan fingerprint density at radius 2 is 2.00 bits per heavy atom. The van der Waals surface area contributed by atoms with Gasteiger partial charge in [0, 0.05) is 13.7 Å². The summed E-state index contributed by atoms with van der Waals surface area (Å²) in [6, 6.07) is 0. The fraction of sp³-hybridized carbons (Fsp3) is 0.750. The van der Waals surface area contributed by atoms with E-state index in [2.05, 4.69) is 10.6 Å². The zero-order chi connectivity index (χ0) is 11.0. The summed E-state index contributed by atoms with van der Waals surface area (Å²) in [5.41, 5.74) is 5.04. The Morgan fingerprint density at radius 3 is 2.50 bits per heavy atom. The average molecular weight is 203 g/mol. The van der Waals surface area contributed by atoms with Crippen LogP contribution in [0.4, 0.5) is 0 Å². The number of hydrogen-bond donors (Lipinski definition) is 3. The van der Waals surface area contributed by atoms with Gasteiger partial charge in [-0.15, -0.1) is 0 Å². The quantitative estimate of drug-likeness (QED) is 0.475. The molecule has 0 spiro atoms. The van der Waals surface area contributed by atoms with E-state index in [1.165, 1.54) is 0 Å². The maximum absolute atomic E-state index is 11.1. The number of hydrogen-bond acceptors (Lipinski definition) is 4. The van der Waals surface area contributed by atoms with Gasteiger partial charge in [0.05, 0.1) is 19.2 Å². The molecule has 0 aliphatic heterocycles. The molecule has 0 bridgehead atoms. The van der Waals surface area contributed by atoms with Gasteiger partial charge in [0.25, 0.3) is 0 Å². The lowest BCUT2D eigenvalue weighted by Gasteiger charge is -2.10. The summed E-state index contributed by atoms with van der Waals surface area (Å²) < 4.78 is 4.93. The number of nitrogens with one attached hydrogen (secondary N) is 2. The molecule has 0 aromatic carbocycles. The summed E-state index contributed by atoms with van der Waals surface area (Å²) in [5, 5.41) is 4.95. The Balaban J connectivity index is 3.51. The summed E-state index contributed by atoms with van der Waals surface area (Å²) in [7, 11) is 1.56. The average Bonchev–Trinajstić information content (AvgIpc) is 2.22. The van der Waals surface area contributed by atoms with E-state index in [1.807, 2.05) is 6.92 Å². The van der Waals surface area contributed by atoms with Crippen molar-refractivity contribution >= 4 is 11.8 Å². The normalized spacial score (nSPS) is 11.9. The molecule has 0 aliphatic rings. The molecular formula is C8H17N3O3. The maximum atomic E-state index is 11.1. The zero-order valence-corrected chi connectivity index (χ0v) is 8.50. The van der Waals surface area contributed by atoms with E-state index in [1.54, 1.807) is 7.11 Å². The van der Waals surface area contributed by atoms with Gasteiger partial charge in [-0.1, -0.05) is 0 Å². The number of ether oxygens (including phenoxy) is 1. The van der Waals surface area contributed by atoms with Crippen LogP contribution in [0.25, 0.3) is 0 Å². The molecule has 0 aromatic heterocycles. The Morgan fingerprint density at radius 1 is 1.36 bits per heavy atom. The van der Waals surface area contributed by atoms with Crippen molar-refractivity contribution in [3.8, 4) is 0 Å². The molecule has 0 heterocycles. The highest BCUT2D eigenvalue weighted by Gasteiger charge is 2.05. The molecule has 6 heteroatoms. The smallest absolute Gasteiger partial charge is 0.239 e. The van der Waals surface area contributed by atoms with Gasteiger partial charge >= 0.3 is 0 Å². The third kappa shape index (κ3) is 6.38. The Labute approximate surface area is 83.2 Å². The zero-order valence-electron chi connectivity index (χ0n) is 8.50. The molecule has 0 saturated carbocycles. The van der Waals surface area contributed by atoms with Crippen LogP contribution in [-0.4, -0.2) is 44.7 Å². The molecule has 0 aliphatic carbocycles. The van der Waals surface area contributed by atoms with Crippen LogP contribution in [0, 0.1) is 0 Å². The van der Waals surface area contributed by atoms with Crippen LogP contribution in [-0.2, 0) is 14.3 Å². The second kappa shape index (κ2) is 7.28. The lowest BCUT2D eigenvalue weighted by molar-refractivity contribution is -0.125. The van der Waals surface area contributed by atoms with Crippen molar-refractivity contribution in [2.45, 2.75) is 13.0 Å². The number of carbonyl (C=O) groups is 2. The van der Waals surface area contributed by atoms with Crippen molar-refractivity contribution < 1.29 is 14.3 Å². The van der Waals surface area contributed by atoms with Crippen LogP contribution in [0.1, 0.15) is 6.92 Å². The minimum Gasteiger partial charge on any atom is -0.380 e. The van der Waals surface area contributed by atoms with Crippen molar-refractivity contribution in [3.05, 3.63) is 0 Å². The van der Waals surface area contributed by atoms with E-state index >= 15 is 0 Å². The van der Waals surface area contributed by atoms with E-state index in [4.69, 9.17) is 10.5 Å². The van der Waals surface area contributed by atoms with Crippen LogP contribution in [0.5, 0.6) is 0 Å². The van der Waals surface area contributed by atoms with Crippen LogP contribution in [0.15, 0.2) is 0 Å². The predicted octanol–water partition coefficient (Wildman–Crippen LogP) is -1.79. The summed E-state index contributed by atoms with van der Waals surface area (Å²) in [6.45, 7) is 2.10. The minimum absolute atomic E-state index is 0.0378. The van der Waals surface area contributed by atoms with Crippen molar-refractivity contribution in [1.82, 2.24) is 10.6 Å². The number of rotatable bonds is 6. The minimum atomic E-state index is -0.347. The van der Waals surface area contributed by atoms with E-state index in [-0.39, 0.29) is 31.0 Å². The summed E-state index contributed by atoms with van der Waals surface area (Å²) in [5.74, 6) is -0.601. The molecule has 2 amide bonds. The first-order valence-corrected chi connectivity index (χ1v) is 4.36. The van der Waals surface area contributed by atoms with Crippen molar-refractivity contribution in [2.24, 2.45) is 5.73 Å². The van der Waals surface area contributed by atoms with Crippen LogP contribution in [0.3, 0.4) is 0 Å². The van der Waals surface area contributed by atoms with Gasteiger partial charge < -0.3 is 21.1 Å². The lowest BCUT2D eigenvalue weighted by atomic mass is 10.4. The molecule has 1 atom stereocenters. The second-order valence-corrected chi connectivity index (χ2v) is 2.83. The maximum Gasteiger partial charge on any atom is 0.239 e. The Bertz CT molecular complexity index is 196. The number of methoxy groups -OCH3 is 1. The van der Waals surface area contributed by atoms with Crippen molar-refractivity contribution in [3.63, 3.8) is 0 Å². The van der Waals surface area contributed by atoms with Gasteiger partial charge in [0.1, 0.15) is 0 Å². The first-order valence-electron chi connectivity index (χ1n) is 4.36. The van der Waals surface area contributed by atoms with Crippen LogP contribution in [0.2, 0.25) is 0 Å². The van der Waals surface area contributed by atoms with Crippen LogP contribution >= 0.6 is 0 Å². The molecule has 82 valence electrons. The highest BCUT2D eigenvalue weighted by molar-refractivity contribution is 5.85. The SMILES string of the molecule is COC(C)CNC(=O)CNC(=O)CN. The van der Waals surface area contributed by atoms with E-state index in [9.17, 15) is 9.59 Å². The topological polar surface area (TPSA) is 93.5 Å².